The van der Waals surface area contributed by atoms with E-state index in [-0.39, 0.29) is 11.5 Å². The first-order valence-electron chi connectivity index (χ1n) is 9.93. The van der Waals surface area contributed by atoms with Gasteiger partial charge in [0, 0.05) is 12.6 Å². The molecule has 6 heteroatoms. The van der Waals surface area contributed by atoms with Crippen LogP contribution in [0.5, 0.6) is 0 Å². The lowest BCUT2D eigenvalue weighted by molar-refractivity contribution is 0.0612. The van der Waals surface area contributed by atoms with E-state index in [9.17, 15) is 9.59 Å². The first-order chi connectivity index (χ1) is 13.6. The first-order valence-corrected chi connectivity index (χ1v) is 10.7. The second kappa shape index (κ2) is 7.87. The molecular formula is C22H25N3O2S. The number of hydrogen-bond acceptors (Lipinski definition) is 4. The molecule has 1 atom stereocenters. The fourth-order valence-corrected chi connectivity index (χ4v) is 5.17. The lowest BCUT2D eigenvalue weighted by Crippen LogP contribution is -2.43. The van der Waals surface area contributed by atoms with Crippen LogP contribution in [0.1, 0.15) is 53.4 Å². The van der Waals surface area contributed by atoms with Gasteiger partial charge in [-0.3, -0.25) is 14.2 Å². The average molecular weight is 396 g/mol. The molecule has 1 fully saturated rings. The zero-order valence-electron chi connectivity index (χ0n) is 16.4. The number of likely N-dealkylation sites (tertiary alicyclic amines) is 1. The Labute approximate surface area is 168 Å². The lowest BCUT2D eigenvalue weighted by atomic mass is 9.99. The Morgan fingerprint density at radius 3 is 2.79 bits per heavy atom. The van der Waals surface area contributed by atoms with Crippen LogP contribution in [-0.4, -0.2) is 32.9 Å². The average Bonchev–Trinajstić information content (AvgIpc) is 3.07. The molecule has 5 nitrogen and oxygen atoms in total. The van der Waals surface area contributed by atoms with E-state index in [1.54, 1.807) is 10.9 Å². The summed E-state index contributed by atoms with van der Waals surface area (Å²) >= 11 is 1.35. The van der Waals surface area contributed by atoms with Gasteiger partial charge in [0.05, 0.1) is 23.1 Å². The Bertz CT molecular complexity index is 1050. The highest BCUT2D eigenvalue weighted by Crippen LogP contribution is 2.30. The van der Waals surface area contributed by atoms with E-state index in [0.717, 1.165) is 36.9 Å². The molecule has 1 aliphatic rings. The predicted molar refractivity (Wildman–Crippen MR) is 113 cm³/mol. The summed E-state index contributed by atoms with van der Waals surface area (Å²) in [6, 6.07) is 10.2. The Morgan fingerprint density at radius 2 is 2.04 bits per heavy atom. The molecule has 0 saturated carbocycles. The molecule has 0 bridgehead atoms. The van der Waals surface area contributed by atoms with Crippen molar-refractivity contribution in [2.75, 3.05) is 6.54 Å². The number of thiophene rings is 1. The summed E-state index contributed by atoms with van der Waals surface area (Å²) in [7, 11) is 0. The van der Waals surface area contributed by atoms with Gasteiger partial charge in [0.1, 0.15) is 4.83 Å². The highest BCUT2D eigenvalue weighted by Gasteiger charge is 2.29. The lowest BCUT2D eigenvalue weighted by Gasteiger charge is -2.35. The van der Waals surface area contributed by atoms with Gasteiger partial charge in [-0.15, -0.1) is 11.3 Å². The van der Waals surface area contributed by atoms with Crippen molar-refractivity contribution in [1.82, 2.24) is 14.5 Å². The molecule has 28 heavy (non-hydrogen) atoms. The van der Waals surface area contributed by atoms with Gasteiger partial charge < -0.3 is 4.90 Å². The van der Waals surface area contributed by atoms with Gasteiger partial charge in [0.15, 0.2) is 0 Å². The third kappa shape index (κ3) is 3.37. The summed E-state index contributed by atoms with van der Waals surface area (Å²) in [6.07, 6.45) is 5.86. The molecule has 1 amide bonds. The summed E-state index contributed by atoms with van der Waals surface area (Å²) in [5.41, 5.74) is 1.74. The predicted octanol–water partition coefficient (Wildman–Crippen LogP) is 4.22. The number of piperidine rings is 1. The second-order valence-corrected chi connectivity index (χ2v) is 8.46. The van der Waals surface area contributed by atoms with Crippen LogP contribution >= 0.6 is 11.3 Å². The summed E-state index contributed by atoms with van der Waals surface area (Å²) in [5, 5.41) is 0.580. The third-order valence-electron chi connectivity index (χ3n) is 5.67. The smallest absolute Gasteiger partial charge is 0.264 e. The Balaban J connectivity index is 1.71. The number of fused-ring (bicyclic) bond motifs is 1. The van der Waals surface area contributed by atoms with Crippen molar-refractivity contribution in [3.63, 3.8) is 0 Å². The minimum atomic E-state index is -0.0765. The molecule has 0 radical (unpaired) electrons. The van der Waals surface area contributed by atoms with Gasteiger partial charge in [-0.05, 0) is 43.7 Å². The SMILES string of the molecule is CCC1CCCCN1C(=O)c1sc2ncn(Cc3ccccc3)c(=O)c2c1C. The van der Waals surface area contributed by atoms with E-state index in [2.05, 4.69) is 11.9 Å². The molecule has 1 aliphatic heterocycles. The highest BCUT2D eigenvalue weighted by atomic mass is 32.1. The summed E-state index contributed by atoms with van der Waals surface area (Å²) in [4.78, 5) is 34.2. The Hall–Kier alpha value is -2.47. The van der Waals surface area contributed by atoms with Crippen molar-refractivity contribution in [1.29, 1.82) is 0 Å². The van der Waals surface area contributed by atoms with Crippen LogP contribution in [0.3, 0.4) is 0 Å². The van der Waals surface area contributed by atoms with Crippen molar-refractivity contribution in [2.24, 2.45) is 0 Å². The molecule has 2 aromatic heterocycles. The Morgan fingerprint density at radius 1 is 1.25 bits per heavy atom. The number of nitrogens with zero attached hydrogens (tertiary/aromatic N) is 3. The second-order valence-electron chi connectivity index (χ2n) is 7.46. The number of aromatic nitrogens is 2. The maximum atomic E-state index is 13.2. The van der Waals surface area contributed by atoms with Gasteiger partial charge in [-0.1, -0.05) is 37.3 Å². The number of carbonyl (C=O) groups excluding carboxylic acids is 1. The number of carbonyl (C=O) groups is 1. The molecule has 3 aromatic rings. The van der Waals surface area contributed by atoms with Crippen LogP contribution in [0.2, 0.25) is 0 Å². The Kier molecular flexibility index (Phi) is 5.31. The van der Waals surface area contributed by atoms with E-state index in [0.29, 0.717) is 27.7 Å². The molecule has 0 spiro atoms. The van der Waals surface area contributed by atoms with Gasteiger partial charge in [0.2, 0.25) is 0 Å². The van der Waals surface area contributed by atoms with Crippen molar-refractivity contribution >= 4 is 27.5 Å². The molecule has 4 rings (SSSR count). The number of rotatable bonds is 4. The molecule has 0 aliphatic carbocycles. The molecule has 1 saturated heterocycles. The van der Waals surface area contributed by atoms with Gasteiger partial charge in [0.25, 0.3) is 11.5 Å². The summed E-state index contributed by atoms with van der Waals surface area (Å²) in [6.45, 7) is 5.30. The third-order valence-corrected chi connectivity index (χ3v) is 6.85. The quantitative estimate of drug-likeness (QED) is 0.665. The number of aryl methyl sites for hydroxylation is 1. The molecule has 1 aromatic carbocycles. The summed E-state index contributed by atoms with van der Waals surface area (Å²) in [5.74, 6) is 0.0565. The van der Waals surface area contributed by atoms with Gasteiger partial charge >= 0.3 is 0 Å². The highest BCUT2D eigenvalue weighted by molar-refractivity contribution is 7.20. The maximum absolute atomic E-state index is 13.2. The van der Waals surface area contributed by atoms with Crippen LogP contribution in [0.4, 0.5) is 0 Å². The van der Waals surface area contributed by atoms with E-state index < -0.39 is 0 Å². The monoisotopic (exact) mass is 395 g/mol. The largest absolute Gasteiger partial charge is 0.335 e. The van der Waals surface area contributed by atoms with Crippen LogP contribution in [0, 0.1) is 6.92 Å². The van der Waals surface area contributed by atoms with E-state index >= 15 is 0 Å². The number of benzene rings is 1. The normalized spacial score (nSPS) is 17.2. The molecule has 146 valence electrons. The maximum Gasteiger partial charge on any atom is 0.264 e. The topological polar surface area (TPSA) is 55.2 Å². The fraction of sp³-hybridized carbons (Fsp3) is 0.409. The fourth-order valence-electron chi connectivity index (χ4n) is 4.08. The minimum absolute atomic E-state index is 0.0565. The molecular weight excluding hydrogens is 370 g/mol. The van der Waals surface area contributed by atoms with E-state index in [1.165, 1.54) is 17.8 Å². The van der Waals surface area contributed by atoms with Crippen LogP contribution < -0.4 is 5.56 Å². The molecule has 1 unspecified atom stereocenters. The van der Waals surface area contributed by atoms with Crippen LogP contribution in [0.25, 0.3) is 10.2 Å². The molecule has 3 heterocycles. The van der Waals surface area contributed by atoms with Gasteiger partial charge in [-0.2, -0.15) is 0 Å². The first kappa shape index (κ1) is 18.9. The van der Waals surface area contributed by atoms with Crippen molar-refractivity contribution in [2.45, 2.75) is 52.1 Å². The van der Waals surface area contributed by atoms with Crippen LogP contribution in [0.15, 0.2) is 41.5 Å². The number of hydrogen-bond donors (Lipinski definition) is 0. The van der Waals surface area contributed by atoms with Gasteiger partial charge in [-0.25, -0.2) is 4.98 Å². The zero-order valence-corrected chi connectivity index (χ0v) is 17.2. The van der Waals surface area contributed by atoms with Crippen LogP contribution in [-0.2, 0) is 6.54 Å². The van der Waals surface area contributed by atoms with Crippen molar-refractivity contribution in [3.05, 3.63) is 63.0 Å². The summed E-state index contributed by atoms with van der Waals surface area (Å²) < 4.78 is 1.63. The standard InChI is InChI=1S/C22H25N3O2S/c1-3-17-11-7-8-12-25(17)22(27)19-15(2)18-20(28-19)23-14-24(21(18)26)13-16-9-5-4-6-10-16/h4-6,9-10,14,17H,3,7-8,11-13H2,1-2H3. The van der Waals surface area contributed by atoms with Crippen molar-refractivity contribution < 1.29 is 4.79 Å². The minimum Gasteiger partial charge on any atom is -0.335 e. The zero-order chi connectivity index (χ0) is 19.7. The number of amides is 1. The van der Waals surface area contributed by atoms with E-state index in [1.807, 2.05) is 42.2 Å². The molecule has 0 N–H and O–H groups in total. The van der Waals surface area contributed by atoms with Crippen molar-refractivity contribution in [3.8, 4) is 0 Å². The van der Waals surface area contributed by atoms with E-state index in [4.69, 9.17) is 0 Å².